The maximum atomic E-state index is 13.7. The molecule has 38 heavy (non-hydrogen) atoms. The molecule has 1 aromatic rings. The Morgan fingerprint density at radius 1 is 1.00 bits per heavy atom. The van der Waals surface area contributed by atoms with Gasteiger partial charge in [-0.1, -0.05) is 24.1 Å². The summed E-state index contributed by atoms with van der Waals surface area (Å²) in [5.41, 5.74) is 1.50. The average Bonchev–Trinajstić information content (AvgIpc) is 3.82. The largest absolute Gasteiger partial charge is 0.388 e. The molecule has 7 nitrogen and oxygen atoms in total. The first-order valence-corrected chi connectivity index (χ1v) is 15.3. The Kier molecular flexibility index (Phi) is 6.59. The van der Waals surface area contributed by atoms with Gasteiger partial charge in [-0.25, -0.2) is 4.98 Å². The molecule has 1 amide bonds. The molecule has 2 saturated heterocycles. The number of β-amino-alcohol motifs (C(OH)–C–C–N with tert-alkyl or cyclic N) is 1. The van der Waals surface area contributed by atoms with Gasteiger partial charge in [0.2, 0.25) is 0 Å². The van der Waals surface area contributed by atoms with Crippen LogP contribution in [-0.2, 0) is 4.79 Å². The van der Waals surface area contributed by atoms with Gasteiger partial charge >= 0.3 is 0 Å². The lowest BCUT2D eigenvalue weighted by molar-refractivity contribution is -0.112. The van der Waals surface area contributed by atoms with Crippen LogP contribution >= 0.6 is 11.9 Å². The van der Waals surface area contributed by atoms with E-state index in [1.807, 2.05) is 37.1 Å². The van der Waals surface area contributed by atoms with Crippen LogP contribution in [0.5, 0.6) is 0 Å². The van der Waals surface area contributed by atoms with Crippen LogP contribution in [0.1, 0.15) is 78.6 Å². The molecule has 1 spiro atoms. The zero-order valence-electron chi connectivity index (χ0n) is 23.2. The van der Waals surface area contributed by atoms with Gasteiger partial charge in [-0.15, -0.1) is 0 Å². The predicted molar refractivity (Wildman–Crippen MR) is 155 cm³/mol. The van der Waals surface area contributed by atoms with Gasteiger partial charge in [0.1, 0.15) is 11.6 Å². The predicted octanol–water partition coefficient (Wildman–Crippen LogP) is 5.01. The van der Waals surface area contributed by atoms with Crippen molar-refractivity contribution in [3.63, 3.8) is 0 Å². The van der Waals surface area contributed by atoms with Crippen molar-refractivity contribution in [2.75, 3.05) is 36.4 Å². The molecule has 5 aliphatic rings. The Bertz CT molecular complexity index is 1150. The first-order chi connectivity index (χ1) is 18.1. The molecule has 3 heterocycles. The number of carbonyl (C=O) groups is 1. The van der Waals surface area contributed by atoms with Crippen molar-refractivity contribution in [3.05, 3.63) is 41.6 Å². The van der Waals surface area contributed by atoms with E-state index in [1.54, 1.807) is 0 Å². The van der Waals surface area contributed by atoms with E-state index in [0.717, 1.165) is 56.0 Å². The minimum Gasteiger partial charge on any atom is -0.388 e. The lowest BCUT2D eigenvalue weighted by atomic mass is 9.86. The highest BCUT2D eigenvalue weighted by atomic mass is 32.2. The van der Waals surface area contributed by atoms with Crippen LogP contribution in [0.4, 0.5) is 11.6 Å². The second-order valence-corrected chi connectivity index (χ2v) is 14.7. The fraction of sp³-hybridized carbons (Fsp3) is 0.667. The summed E-state index contributed by atoms with van der Waals surface area (Å²) < 4.78 is 4.10. The standard InChI is InChI=1S/C30H43N5O2S/c1-27(33-38-29(3)11-12-29)10-8-22(23(20-27)34-18-15-30(13-14-30)16-19-34)26(36)32-24-6-4-7-25(31-24)35-17-5-9-28(2,37)21-35/h4,6-8,20,33,37H,5,9-19,21H2,1-3H3,(H,31,32,36)/t27?,28-/m0/s1. The molecule has 206 valence electrons. The minimum atomic E-state index is -0.713. The van der Waals surface area contributed by atoms with Gasteiger partial charge in [0, 0.05) is 42.2 Å². The second-order valence-electron chi connectivity index (χ2n) is 13.3. The summed E-state index contributed by atoms with van der Waals surface area (Å²) in [6.07, 6.45) is 14.6. The van der Waals surface area contributed by atoms with E-state index < -0.39 is 5.60 Å². The number of amides is 1. The van der Waals surface area contributed by atoms with Gasteiger partial charge in [0.05, 0.1) is 11.2 Å². The van der Waals surface area contributed by atoms with Gasteiger partial charge in [-0.2, -0.15) is 0 Å². The zero-order chi connectivity index (χ0) is 26.6. The van der Waals surface area contributed by atoms with Crippen LogP contribution in [0.15, 0.2) is 41.6 Å². The number of aliphatic hydroxyl groups is 1. The average molecular weight is 538 g/mol. The Labute approximate surface area is 231 Å². The van der Waals surface area contributed by atoms with Gasteiger partial charge in [0.25, 0.3) is 5.91 Å². The van der Waals surface area contributed by atoms with Crippen molar-refractivity contribution >= 4 is 29.5 Å². The molecule has 3 N–H and O–H groups in total. The van der Waals surface area contributed by atoms with E-state index in [4.69, 9.17) is 4.98 Å². The second kappa shape index (κ2) is 9.56. The molecular formula is C30H43N5O2S. The monoisotopic (exact) mass is 537 g/mol. The Morgan fingerprint density at radius 3 is 2.45 bits per heavy atom. The van der Waals surface area contributed by atoms with Crippen molar-refractivity contribution in [2.24, 2.45) is 5.41 Å². The zero-order valence-corrected chi connectivity index (χ0v) is 24.0. The van der Waals surface area contributed by atoms with E-state index in [9.17, 15) is 9.90 Å². The summed E-state index contributed by atoms with van der Waals surface area (Å²) in [5.74, 6) is 1.25. The molecule has 1 aromatic heterocycles. The first kappa shape index (κ1) is 26.2. The number of aromatic nitrogens is 1. The number of hydrogen-bond acceptors (Lipinski definition) is 7. The van der Waals surface area contributed by atoms with Gasteiger partial charge in [-0.3, -0.25) is 9.52 Å². The molecule has 0 bridgehead atoms. The van der Waals surface area contributed by atoms with Crippen LogP contribution in [0.25, 0.3) is 0 Å². The number of carbonyl (C=O) groups excluding carboxylic acids is 1. The number of pyridine rings is 1. The number of likely N-dealkylation sites (tertiary alicyclic amines) is 1. The smallest absolute Gasteiger partial charge is 0.258 e. The quantitative estimate of drug-likeness (QED) is 0.422. The van der Waals surface area contributed by atoms with Crippen LogP contribution in [0.2, 0.25) is 0 Å². The van der Waals surface area contributed by atoms with Crippen LogP contribution in [-0.4, -0.2) is 63.0 Å². The maximum absolute atomic E-state index is 13.7. The third-order valence-corrected chi connectivity index (χ3v) is 10.8. The topological polar surface area (TPSA) is 80.7 Å². The molecule has 8 heteroatoms. The van der Waals surface area contributed by atoms with E-state index in [2.05, 4.69) is 45.8 Å². The van der Waals surface area contributed by atoms with Crippen molar-refractivity contribution in [1.29, 1.82) is 0 Å². The highest BCUT2D eigenvalue weighted by molar-refractivity contribution is 7.99. The van der Waals surface area contributed by atoms with Crippen molar-refractivity contribution in [1.82, 2.24) is 14.6 Å². The summed E-state index contributed by atoms with van der Waals surface area (Å²) in [5, 5.41) is 13.6. The molecule has 2 aliphatic heterocycles. The van der Waals surface area contributed by atoms with Crippen molar-refractivity contribution < 1.29 is 9.90 Å². The molecule has 6 rings (SSSR count). The first-order valence-electron chi connectivity index (χ1n) is 14.4. The molecule has 2 saturated carbocycles. The van der Waals surface area contributed by atoms with Crippen molar-refractivity contribution in [3.8, 4) is 0 Å². The Morgan fingerprint density at radius 2 is 1.76 bits per heavy atom. The third kappa shape index (κ3) is 5.77. The Hall–Kier alpha value is -2.03. The van der Waals surface area contributed by atoms with Crippen LogP contribution < -0.4 is 14.9 Å². The van der Waals surface area contributed by atoms with Crippen molar-refractivity contribution in [2.45, 2.75) is 94.4 Å². The number of piperidine rings is 2. The minimum absolute atomic E-state index is 0.0953. The summed E-state index contributed by atoms with van der Waals surface area (Å²) in [6, 6.07) is 5.75. The Balaban J connectivity index is 1.19. The number of hydrogen-bond donors (Lipinski definition) is 3. The molecule has 1 unspecified atom stereocenters. The number of nitrogens with one attached hydrogen (secondary N) is 2. The number of rotatable bonds is 7. The van der Waals surface area contributed by atoms with Gasteiger partial charge < -0.3 is 20.2 Å². The molecule has 2 atom stereocenters. The molecular weight excluding hydrogens is 494 g/mol. The van der Waals surface area contributed by atoms with E-state index >= 15 is 0 Å². The van der Waals surface area contributed by atoms with Crippen LogP contribution in [0, 0.1) is 5.41 Å². The lowest BCUT2D eigenvalue weighted by Crippen LogP contribution is -2.46. The molecule has 4 fully saturated rings. The fourth-order valence-electron chi connectivity index (χ4n) is 6.08. The summed E-state index contributed by atoms with van der Waals surface area (Å²) in [4.78, 5) is 23.0. The number of nitrogens with zero attached hydrogens (tertiary/aromatic N) is 3. The summed E-state index contributed by atoms with van der Waals surface area (Å²) in [6.45, 7) is 9.89. The maximum Gasteiger partial charge on any atom is 0.258 e. The number of anilines is 2. The van der Waals surface area contributed by atoms with E-state index in [0.29, 0.717) is 22.5 Å². The third-order valence-electron chi connectivity index (χ3n) is 9.29. The lowest BCUT2D eigenvalue weighted by Gasteiger charge is -2.40. The molecule has 3 aliphatic carbocycles. The fourth-order valence-corrected chi connectivity index (χ4v) is 7.01. The van der Waals surface area contributed by atoms with E-state index in [-0.39, 0.29) is 11.4 Å². The van der Waals surface area contributed by atoms with Gasteiger partial charge in [-0.05, 0) is 102 Å². The van der Waals surface area contributed by atoms with Gasteiger partial charge in [0.15, 0.2) is 0 Å². The normalized spacial score (nSPS) is 31.5. The highest BCUT2D eigenvalue weighted by Gasteiger charge is 2.46. The molecule has 0 radical (unpaired) electrons. The SMILES string of the molecule is CC1(NSC2(C)CC2)C=C(N2CCC3(CC2)CC3)C(C(=O)Nc2cccc(N3CCC[C@](C)(O)C3)n2)=CC1. The van der Waals surface area contributed by atoms with Crippen LogP contribution in [0.3, 0.4) is 0 Å². The summed E-state index contributed by atoms with van der Waals surface area (Å²) >= 11 is 1.86. The van der Waals surface area contributed by atoms with E-state index in [1.165, 1.54) is 38.5 Å². The summed E-state index contributed by atoms with van der Waals surface area (Å²) in [7, 11) is 0. The highest BCUT2D eigenvalue weighted by Crippen LogP contribution is 2.54. The molecule has 0 aromatic carbocycles.